The van der Waals surface area contributed by atoms with Crippen LogP contribution in [0.25, 0.3) is 0 Å². The summed E-state index contributed by atoms with van der Waals surface area (Å²) in [6, 6.07) is 10.5. The fraction of sp³-hybridized carbons (Fsp3) is 0.421. The number of piperazine rings is 1. The standard InChI is InChI=1S/C19H23BrFN3O2/c20-16-5-6-19(22-11-16)24-9-7-23(8-10-24)12-17(25)14-26-13-15-3-1-2-4-18(15)21/h1-6,11,17,25H,7-10,12-14H2. The second-order valence-electron chi connectivity index (χ2n) is 6.38. The minimum atomic E-state index is -0.584. The Bertz CT molecular complexity index is 693. The molecule has 1 aromatic heterocycles. The highest BCUT2D eigenvalue weighted by Gasteiger charge is 2.20. The summed E-state index contributed by atoms with van der Waals surface area (Å²) in [4.78, 5) is 8.88. The third-order valence-corrected chi connectivity index (χ3v) is 4.87. The van der Waals surface area contributed by atoms with Gasteiger partial charge in [0.25, 0.3) is 0 Å². The molecule has 0 spiro atoms. The first-order valence-electron chi connectivity index (χ1n) is 8.70. The van der Waals surface area contributed by atoms with Gasteiger partial charge in [-0.15, -0.1) is 0 Å². The second-order valence-corrected chi connectivity index (χ2v) is 7.30. The summed E-state index contributed by atoms with van der Waals surface area (Å²) >= 11 is 3.40. The summed E-state index contributed by atoms with van der Waals surface area (Å²) in [5, 5.41) is 10.2. The number of benzene rings is 1. The maximum absolute atomic E-state index is 13.5. The van der Waals surface area contributed by atoms with E-state index in [0.29, 0.717) is 12.1 Å². The SMILES string of the molecule is OC(COCc1ccccc1F)CN1CCN(c2ccc(Br)cn2)CC1. The molecule has 1 aromatic carbocycles. The number of rotatable bonds is 7. The first-order valence-corrected chi connectivity index (χ1v) is 9.49. The number of aliphatic hydroxyl groups excluding tert-OH is 1. The van der Waals surface area contributed by atoms with Crippen molar-refractivity contribution in [3.05, 3.63) is 58.4 Å². The van der Waals surface area contributed by atoms with Crippen molar-refractivity contribution in [2.45, 2.75) is 12.7 Å². The third kappa shape index (κ3) is 5.48. The summed E-state index contributed by atoms with van der Waals surface area (Å²) in [6.07, 6.45) is 1.22. The van der Waals surface area contributed by atoms with Gasteiger partial charge in [0.15, 0.2) is 0 Å². The molecular weight excluding hydrogens is 401 g/mol. The zero-order chi connectivity index (χ0) is 18.4. The number of aliphatic hydroxyl groups is 1. The lowest BCUT2D eigenvalue weighted by Gasteiger charge is -2.36. The van der Waals surface area contributed by atoms with Crippen molar-refractivity contribution in [3.8, 4) is 0 Å². The Hall–Kier alpha value is -1.54. The van der Waals surface area contributed by atoms with E-state index in [0.717, 1.165) is 36.5 Å². The summed E-state index contributed by atoms with van der Waals surface area (Å²) in [6.45, 7) is 4.40. The number of β-amino-alcohol motifs (C(OH)–C–C–N with tert-alkyl or cyclic N) is 1. The monoisotopic (exact) mass is 423 g/mol. The Morgan fingerprint density at radius 2 is 1.92 bits per heavy atom. The van der Waals surface area contributed by atoms with Gasteiger partial charge < -0.3 is 14.7 Å². The average Bonchev–Trinajstić information content (AvgIpc) is 2.65. The molecule has 1 aliphatic rings. The van der Waals surface area contributed by atoms with Gasteiger partial charge in [-0.3, -0.25) is 4.90 Å². The van der Waals surface area contributed by atoms with Crippen LogP contribution in [-0.2, 0) is 11.3 Å². The number of aromatic nitrogens is 1. The molecule has 7 heteroatoms. The summed E-state index contributed by atoms with van der Waals surface area (Å²) in [5.41, 5.74) is 0.510. The molecule has 0 saturated carbocycles. The van der Waals surface area contributed by atoms with Gasteiger partial charge in [0.2, 0.25) is 0 Å². The maximum Gasteiger partial charge on any atom is 0.128 e. The van der Waals surface area contributed by atoms with Crippen molar-refractivity contribution in [2.24, 2.45) is 0 Å². The number of nitrogens with zero attached hydrogens (tertiary/aromatic N) is 3. The van der Waals surface area contributed by atoms with Crippen molar-refractivity contribution in [1.82, 2.24) is 9.88 Å². The van der Waals surface area contributed by atoms with Crippen LogP contribution in [0.5, 0.6) is 0 Å². The summed E-state index contributed by atoms with van der Waals surface area (Å²) in [7, 11) is 0. The molecule has 0 bridgehead atoms. The first kappa shape index (κ1) is 19.2. The average molecular weight is 424 g/mol. The number of ether oxygens (including phenoxy) is 1. The smallest absolute Gasteiger partial charge is 0.128 e. The van der Waals surface area contributed by atoms with Crippen molar-refractivity contribution < 1.29 is 14.2 Å². The van der Waals surface area contributed by atoms with Crippen LogP contribution in [0.3, 0.4) is 0 Å². The van der Waals surface area contributed by atoms with Crippen molar-refractivity contribution in [1.29, 1.82) is 0 Å². The second kappa shape index (κ2) is 9.41. The molecule has 3 rings (SSSR count). The normalized spacial score (nSPS) is 16.7. The zero-order valence-electron chi connectivity index (χ0n) is 14.5. The van der Waals surface area contributed by atoms with Gasteiger partial charge in [0, 0.05) is 49.0 Å². The van der Waals surface area contributed by atoms with E-state index in [1.54, 1.807) is 24.4 Å². The molecular formula is C19H23BrFN3O2. The highest BCUT2D eigenvalue weighted by atomic mass is 79.9. The molecule has 2 heterocycles. The minimum Gasteiger partial charge on any atom is -0.389 e. The molecule has 1 saturated heterocycles. The predicted octanol–water partition coefficient (Wildman–Crippen LogP) is 2.68. The lowest BCUT2D eigenvalue weighted by atomic mass is 10.2. The number of hydrogen-bond acceptors (Lipinski definition) is 5. The van der Waals surface area contributed by atoms with E-state index in [1.165, 1.54) is 6.07 Å². The summed E-state index contributed by atoms with van der Waals surface area (Å²) in [5.74, 6) is 0.696. The van der Waals surface area contributed by atoms with E-state index in [9.17, 15) is 9.50 Å². The van der Waals surface area contributed by atoms with Crippen LogP contribution in [0, 0.1) is 5.82 Å². The molecule has 1 unspecified atom stereocenters. The van der Waals surface area contributed by atoms with E-state index in [2.05, 4.69) is 30.7 Å². The Labute approximate surface area is 161 Å². The molecule has 1 atom stereocenters. The van der Waals surface area contributed by atoms with Crippen LogP contribution in [0.2, 0.25) is 0 Å². The van der Waals surface area contributed by atoms with Gasteiger partial charge in [-0.1, -0.05) is 18.2 Å². The largest absolute Gasteiger partial charge is 0.389 e. The maximum atomic E-state index is 13.5. The highest BCUT2D eigenvalue weighted by molar-refractivity contribution is 9.10. The van der Waals surface area contributed by atoms with Crippen molar-refractivity contribution >= 4 is 21.7 Å². The fourth-order valence-electron chi connectivity index (χ4n) is 2.99. The molecule has 1 N–H and O–H groups in total. The molecule has 0 radical (unpaired) electrons. The van der Waals surface area contributed by atoms with Gasteiger partial charge in [-0.05, 0) is 34.1 Å². The molecule has 140 valence electrons. The number of halogens is 2. The van der Waals surface area contributed by atoms with Crippen LogP contribution >= 0.6 is 15.9 Å². The zero-order valence-corrected chi connectivity index (χ0v) is 16.1. The van der Waals surface area contributed by atoms with Crippen LogP contribution < -0.4 is 4.90 Å². The van der Waals surface area contributed by atoms with Gasteiger partial charge in [0.1, 0.15) is 11.6 Å². The molecule has 26 heavy (non-hydrogen) atoms. The number of pyridine rings is 1. The van der Waals surface area contributed by atoms with Gasteiger partial charge >= 0.3 is 0 Å². The van der Waals surface area contributed by atoms with Crippen LogP contribution in [0.15, 0.2) is 47.1 Å². The van der Waals surface area contributed by atoms with E-state index in [-0.39, 0.29) is 19.0 Å². The topological polar surface area (TPSA) is 48.8 Å². The van der Waals surface area contributed by atoms with E-state index in [4.69, 9.17) is 4.74 Å². The Balaban J connectivity index is 1.37. The van der Waals surface area contributed by atoms with Gasteiger partial charge in [-0.2, -0.15) is 0 Å². The fourth-order valence-corrected chi connectivity index (χ4v) is 3.22. The quantitative estimate of drug-likeness (QED) is 0.741. The Kier molecular flexibility index (Phi) is 6.96. The Morgan fingerprint density at radius 3 is 2.62 bits per heavy atom. The third-order valence-electron chi connectivity index (χ3n) is 4.40. The molecule has 1 fully saturated rings. The first-order chi connectivity index (χ1) is 12.6. The van der Waals surface area contributed by atoms with E-state index >= 15 is 0 Å². The van der Waals surface area contributed by atoms with Crippen molar-refractivity contribution in [2.75, 3.05) is 44.2 Å². The van der Waals surface area contributed by atoms with E-state index < -0.39 is 6.10 Å². The van der Waals surface area contributed by atoms with Crippen LogP contribution in [0.1, 0.15) is 5.56 Å². The molecule has 0 amide bonds. The van der Waals surface area contributed by atoms with E-state index in [1.807, 2.05) is 12.1 Å². The number of anilines is 1. The summed E-state index contributed by atoms with van der Waals surface area (Å²) < 4.78 is 20.0. The lowest BCUT2D eigenvalue weighted by Crippen LogP contribution is -2.49. The lowest BCUT2D eigenvalue weighted by molar-refractivity contribution is 0.00837. The van der Waals surface area contributed by atoms with Crippen molar-refractivity contribution in [3.63, 3.8) is 0 Å². The van der Waals surface area contributed by atoms with Crippen LogP contribution in [0.4, 0.5) is 10.2 Å². The van der Waals surface area contributed by atoms with Crippen LogP contribution in [-0.4, -0.2) is 60.4 Å². The molecule has 5 nitrogen and oxygen atoms in total. The molecule has 2 aromatic rings. The van der Waals surface area contributed by atoms with Gasteiger partial charge in [-0.25, -0.2) is 9.37 Å². The highest BCUT2D eigenvalue weighted by Crippen LogP contribution is 2.16. The minimum absolute atomic E-state index is 0.173. The predicted molar refractivity (Wildman–Crippen MR) is 103 cm³/mol. The van der Waals surface area contributed by atoms with Gasteiger partial charge in [0.05, 0.1) is 19.3 Å². The Morgan fingerprint density at radius 1 is 1.15 bits per heavy atom. The molecule has 0 aliphatic carbocycles. The molecule has 1 aliphatic heterocycles. The number of hydrogen-bond donors (Lipinski definition) is 1.